The second-order valence-corrected chi connectivity index (χ2v) is 19.6. The molecule has 0 atom stereocenters. The first-order chi connectivity index (χ1) is 37.7. The summed E-state index contributed by atoms with van der Waals surface area (Å²) < 4.78 is 17.6. The van der Waals surface area contributed by atoms with Crippen molar-refractivity contribution < 1.29 is 8.83 Å². The minimum Gasteiger partial charge on any atom is -0.455 e. The van der Waals surface area contributed by atoms with E-state index >= 15 is 0 Å². The van der Waals surface area contributed by atoms with Gasteiger partial charge in [0.1, 0.15) is 27.8 Å². The maximum absolute atomic E-state index is 6.51. The van der Waals surface area contributed by atoms with Crippen molar-refractivity contribution in [3.63, 3.8) is 0 Å². The van der Waals surface area contributed by atoms with Crippen LogP contribution in [-0.4, -0.2) is 19.1 Å². The van der Waals surface area contributed by atoms with Crippen molar-refractivity contribution in [2.45, 2.75) is 0 Å². The summed E-state index contributed by atoms with van der Waals surface area (Å²) in [6.45, 7) is 0. The Balaban J connectivity index is 0.896. The lowest BCUT2D eigenvalue weighted by atomic mass is 9.97. The highest BCUT2D eigenvalue weighted by Crippen LogP contribution is 2.43. The number of benzene rings is 11. The molecule has 11 aromatic carbocycles. The molecule has 0 radical (unpaired) electrons. The molecule has 0 fully saturated rings. The normalized spacial score (nSPS) is 11.9. The zero-order chi connectivity index (χ0) is 49.8. The number of furan rings is 2. The molecule has 0 unspecified atom stereocenters. The molecule has 0 spiro atoms. The summed E-state index contributed by atoms with van der Waals surface area (Å²) in [4.78, 5) is 11.5. The second kappa shape index (κ2) is 16.6. The van der Waals surface area contributed by atoms with Gasteiger partial charge in [-0.15, -0.1) is 0 Å². The molecule has 0 saturated carbocycles. The summed E-state index contributed by atoms with van der Waals surface area (Å²) in [7, 11) is 0. The molecule has 0 aliphatic rings. The zero-order valence-electron chi connectivity index (χ0n) is 40.9. The van der Waals surface area contributed by atoms with Gasteiger partial charge >= 0.3 is 0 Å². The highest BCUT2D eigenvalue weighted by molar-refractivity contribution is 6.13. The average Bonchev–Trinajstić information content (AvgIpc) is 4.28. The lowest BCUT2D eigenvalue weighted by Gasteiger charge is -2.13. The molecule has 5 heterocycles. The number of aromatic nitrogens is 4. The van der Waals surface area contributed by atoms with Crippen molar-refractivity contribution >= 4 is 87.7 Å². The Labute approximate surface area is 435 Å². The van der Waals surface area contributed by atoms with Gasteiger partial charge in [-0.1, -0.05) is 188 Å². The van der Waals surface area contributed by atoms with Gasteiger partial charge in [-0.25, -0.2) is 9.97 Å². The molecule has 0 bridgehead atoms. The molecule has 6 heteroatoms. The third-order valence-electron chi connectivity index (χ3n) is 15.4. The first-order valence-electron chi connectivity index (χ1n) is 25.7. The van der Waals surface area contributed by atoms with Crippen LogP contribution in [0.15, 0.2) is 264 Å². The largest absolute Gasteiger partial charge is 0.455 e. The van der Waals surface area contributed by atoms with Gasteiger partial charge in [-0.3, -0.25) is 4.57 Å². The van der Waals surface area contributed by atoms with Crippen LogP contribution >= 0.6 is 0 Å². The molecule has 6 nitrogen and oxygen atoms in total. The Morgan fingerprint density at radius 3 is 1.28 bits per heavy atom. The topological polar surface area (TPSA) is 61.9 Å². The van der Waals surface area contributed by atoms with E-state index in [0.717, 1.165) is 133 Å². The number of hydrogen-bond acceptors (Lipinski definition) is 4. The van der Waals surface area contributed by atoms with E-state index in [9.17, 15) is 0 Å². The highest BCUT2D eigenvalue weighted by Gasteiger charge is 2.23. The predicted molar refractivity (Wildman–Crippen MR) is 312 cm³/mol. The highest BCUT2D eigenvalue weighted by atomic mass is 16.3. The summed E-state index contributed by atoms with van der Waals surface area (Å²) in [5.74, 6) is 0. The van der Waals surface area contributed by atoms with Crippen LogP contribution in [0.25, 0.3) is 155 Å². The summed E-state index contributed by atoms with van der Waals surface area (Å²) in [6.07, 6.45) is 0. The van der Waals surface area contributed by atoms with Crippen LogP contribution in [0.4, 0.5) is 0 Å². The Bertz CT molecular complexity index is 4970. The minimum absolute atomic E-state index is 0.780. The van der Waals surface area contributed by atoms with E-state index in [0.29, 0.717) is 0 Å². The Morgan fingerprint density at radius 1 is 0.276 bits per heavy atom. The number of hydrogen-bond donors (Lipinski definition) is 0. The summed E-state index contributed by atoms with van der Waals surface area (Å²) >= 11 is 0. The fraction of sp³-hybridized carbons (Fsp3) is 0. The van der Waals surface area contributed by atoms with Gasteiger partial charge < -0.3 is 13.4 Å². The molecule has 0 amide bonds. The lowest BCUT2D eigenvalue weighted by Crippen LogP contribution is -1.99. The summed E-state index contributed by atoms with van der Waals surface area (Å²) in [6, 6.07) is 90.1. The number of fused-ring (bicyclic) bond motifs is 12. The third-order valence-corrected chi connectivity index (χ3v) is 15.4. The molecule has 0 N–H and O–H groups in total. The van der Waals surface area contributed by atoms with Crippen molar-refractivity contribution in [3.05, 3.63) is 255 Å². The molecule has 0 aliphatic carbocycles. The minimum atomic E-state index is 0.780. The van der Waals surface area contributed by atoms with E-state index in [4.69, 9.17) is 18.8 Å². The number of rotatable bonds is 7. The van der Waals surface area contributed by atoms with Crippen LogP contribution in [-0.2, 0) is 0 Å². The van der Waals surface area contributed by atoms with E-state index in [2.05, 4.69) is 240 Å². The standard InChI is InChI=1S/C70H42N4O2/c1-3-15-49(16-4-1)73-60-26-10-7-19-53(60)58-41-47(37-39-61(58)73)48-38-40-62-59(42-48)67-70(74(62)50-17-5-2-6-18-50)72-66(46-35-31-44(32-36-46)52-23-14-25-57-55-21-9-12-28-64(55)76-69(52)57)65(71-67)45-33-29-43(30-34-45)51-22-13-24-56-54-20-8-11-27-63(54)75-68(51)56/h1-42H. The third kappa shape index (κ3) is 6.47. The molecular weight excluding hydrogens is 929 g/mol. The maximum Gasteiger partial charge on any atom is 0.165 e. The molecule has 16 rings (SSSR count). The number of nitrogens with zero attached hydrogens (tertiary/aromatic N) is 4. The van der Waals surface area contributed by atoms with Crippen LogP contribution in [0.5, 0.6) is 0 Å². The van der Waals surface area contributed by atoms with Crippen molar-refractivity contribution in [2.24, 2.45) is 0 Å². The van der Waals surface area contributed by atoms with Gasteiger partial charge in [0.25, 0.3) is 0 Å². The lowest BCUT2D eigenvalue weighted by molar-refractivity contribution is 0.669. The fourth-order valence-electron chi connectivity index (χ4n) is 11.8. The van der Waals surface area contributed by atoms with Crippen molar-refractivity contribution in [1.29, 1.82) is 0 Å². The van der Waals surface area contributed by atoms with Crippen molar-refractivity contribution in [3.8, 4) is 67.3 Å². The summed E-state index contributed by atoms with van der Waals surface area (Å²) in [5.41, 5.74) is 20.6. The van der Waals surface area contributed by atoms with E-state index in [-0.39, 0.29) is 0 Å². The Hall–Kier alpha value is -10.3. The van der Waals surface area contributed by atoms with Gasteiger partial charge in [0, 0.05) is 71.3 Å². The fourth-order valence-corrected chi connectivity index (χ4v) is 11.8. The van der Waals surface area contributed by atoms with Gasteiger partial charge in [-0.05, 0) is 89.0 Å². The quantitative estimate of drug-likeness (QED) is 0.160. The zero-order valence-corrected chi connectivity index (χ0v) is 40.9. The van der Waals surface area contributed by atoms with Gasteiger partial charge in [0.15, 0.2) is 5.65 Å². The van der Waals surface area contributed by atoms with E-state index in [1.54, 1.807) is 0 Å². The van der Waals surface area contributed by atoms with Gasteiger partial charge in [0.2, 0.25) is 0 Å². The maximum atomic E-state index is 6.51. The first kappa shape index (κ1) is 42.2. The van der Waals surface area contributed by atoms with Gasteiger partial charge in [-0.2, -0.15) is 0 Å². The predicted octanol–water partition coefficient (Wildman–Crippen LogP) is 18.8. The van der Waals surface area contributed by atoms with Crippen LogP contribution in [0.2, 0.25) is 0 Å². The van der Waals surface area contributed by atoms with E-state index in [1.807, 2.05) is 24.3 Å². The molecule has 354 valence electrons. The second-order valence-electron chi connectivity index (χ2n) is 19.6. The molecule has 0 saturated heterocycles. The van der Waals surface area contributed by atoms with Crippen LogP contribution in [0.3, 0.4) is 0 Å². The van der Waals surface area contributed by atoms with E-state index < -0.39 is 0 Å². The van der Waals surface area contributed by atoms with Crippen LogP contribution in [0, 0.1) is 0 Å². The SMILES string of the molecule is c1ccc(-n2c3ccccc3c3cc(-c4ccc5c(c4)c4nc(-c6ccc(-c7cccc8c7oc7ccccc78)cc6)c(-c6ccc(-c7cccc8c7oc7ccccc78)cc6)nc4n5-c4ccccc4)ccc32)cc1. The molecule has 0 aliphatic heterocycles. The molecule has 76 heavy (non-hydrogen) atoms. The van der Waals surface area contributed by atoms with Crippen LogP contribution < -0.4 is 0 Å². The molecule has 16 aromatic rings. The van der Waals surface area contributed by atoms with Crippen molar-refractivity contribution in [1.82, 2.24) is 19.1 Å². The Morgan fingerprint density at radius 2 is 0.697 bits per heavy atom. The average molecular weight is 971 g/mol. The monoisotopic (exact) mass is 970 g/mol. The van der Waals surface area contributed by atoms with Crippen LogP contribution in [0.1, 0.15) is 0 Å². The summed E-state index contributed by atoms with van der Waals surface area (Å²) in [5, 5.41) is 7.86. The molecule has 5 aromatic heterocycles. The first-order valence-corrected chi connectivity index (χ1v) is 25.7. The van der Waals surface area contributed by atoms with Crippen molar-refractivity contribution in [2.75, 3.05) is 0 Å². The number of para-hydroxylation sites is 7. The van der Waals surface area contributed by atoms with E-state index in [1.165, 1.54) is 21.8 Å². The molecular formula is C70H42N4O2. The smallest absolute Gasteiger partial charge is 0.165 e. The van der Waals surface area contributed by atoms with Gasteiger partial charge in [0.05, 0.1) is 27.9 Å². The Kier molecular flexibility index (Phi) is 9.23.